The molecule has 0 fully saturated rings. The molecule has 0 unspecified atom stereocenters. The van der Waals surface area contributed by atoms with Crippen molar-refractivity contribution >= 4 is 10.1 Å². The highest BCUT2D eigenvalue weighted by atomic mass is 32.2. The van der Waals surface area contributed by atoms with Crippen molar-refractivity contribution in [1.82, 2.24) is 0 Å². The van der Waals surface area contributed by atoms with Crippen LogP contribution in [0.1, 0.15) is 46.0 Å². The van der Waals surface area contributed by atoms with Gasteiger partial charge in [0.25, 0.3) is 10.1 Å². The van der Waals surface area contributed by atoms with Crippen molar-refractivity contribution in [3.05, 3.63) is 0 Å². The summed E-state index contributed by atoms with van der Waals surface area (Å²) in [7, 11) is -3.77. The summed E-state index contributed by atoms with van der Waals surface area (Å²) < 4.78 is 29.8. The van der Waals surface area contributed by atoms with E-state index in [0.717, 1.165) is 32.1 Å². The van der Waals surface area contributed by atoms with Gasteiger partial charge in [-0.05, 0) is 12.3 Å². The summed E-state index contributed by atoms with van der Waals surface area (Å²) in [5, 5.41) is 0. The SMILES string of the molecule is CCCCC[C@@H](CC)CS(=O)(=O)O. The summed E-state index contributed by atoms with van der Waals surface area (Å²) >= 11 is 0. The molecule has 0 radical (unpaired) electrons. The third-order valence-corrected chi connectivity index (χ3v) is 3.13. The van der Waals surface area contributed by atoms with Crippen molar-refractivity contribution in [1.29, 1.82) is 0 Å². The standard InChI is InChI=1S/C9H20O3S/c1-3-5-6-7-9(4-2)8-13(10,11)12/h9H,3-8H2,1-2H3,(H,10,11,12)/t9-/m1/s1. The maximum atomic E-state index is 10.6. The van der Waals surface area contributed by atoms with Crippen molar-refractivity contribution in [2.75, 3.05) is 5.75 Å². The van der Waals surface area contributed by atoms with Crippen molar-refractivity contribution < 1.29 is 13.0 Å². The van der Waals surface area contributed by atoms with Crippen LogP contribution in [0.2, 0.25) is 0 Å². The van der Waals surface area contributed by atoms with Crippen LogP contribution < -0.4 is 0 Å². The fourth-order valence-corrected chi connectivity index (χ4v) is 2.38. The molecule has 4 heteroatoms. The van der Waals surface area contributed by atoms with Crippen LogP contribution in [-0.4, -0.2) is 18.7 Å². The summed E-state index contributed by atoms with van der Waals surface area (Å²) in [4.78, 5) is 0. The first kappa shape index (κ1) is 12.9. The van der Waals surface area contributed by atoms with E-state index in [1.54, 1.807) is 0 Å². The van der Waals surface area contributed by atoms with Gasteiger partial charge >= 0.3 is 0 Å². The average Bonchev–Trinajstić information content (AvgIpc) is 2.01. The zero-order valence-electron chi connectivity index (χ0n) is 8.49. The quantitative estimate of drug-likeness (QED) is 0.516. The van der Waals surface area contributed by atoms with Crippen molar-refractivity contribution in [2.24, 2.45) is 5.92 Å². The molecule has 0 aromatic rings. The van der Waals surface area contributed by atoms with E-state index in [9.17, 15) is 8.42 Å². The molecule has 3 nitrogen and oxygen atoms in total. The molecule has 0 aromatic carbocycles. The first-order valence-corrected chi connectivity index (χ1v) is 6.55. The van der Waals surface area contributed by atoms with Gasteiger partial charge in [-0.25, -0.2) is 0 Å². The predicted octanol–water partition coefficient (Wildman–Crippen LogP) is 2.48. The molecule has 1 atom stereocenters. The van der Waals surface area contributed by atoms with Crippen LogP contribution in [0.4, 0.5) is 0 Å². The van der Waals surface area contributed by atoms with Gasteiger partial charge in [0, 0.05) is 0 Å². The van der Waals surface area contributed by atoms with Crippen LogP contribution in [-0.2, 0) is 10.1 Å². The molecule has 0 aliphatic carbocycles. The first-order valence-electron chi connectivity index (χ1n) is 4.94. The molecule has 0 rings (SSSR count). The van der Waals surface area contributed by atoms with Gasteiger partial charge in [0.05, 0.1) is 5.75 Å². The zero-order valence-corrected chi connectivity index (χ0v) is 9.31. The van der Waals surface area contributed by atoms with Gasteiger partial charge in [-0.3, -0.25) is 4.55 Å². The first-order chi connectivity index (χ1) is 5.99. The van der Waals surface area contributed by atoms with Crippen LogP contribution in [0.5, 0.6) is 0 Å². The minimum atomic E-state index is -3.77. The fraction of sp³-hybridized carbons (Fsp3) is 1.00. The number of unbranched alkanes of at least 4 members (excludes halogenated alkanes) is 2. The molecule has 1 N–H and O–H groups in total. The maximum Gasteiger partial charge on any atom is 0.265 e. The molecule has 80 valence electrons. The summed E-state index contributed by atoms with van der Waals surface area (Å²) in [6.45, 7) is 4.07. The molecular weight excluding hydrogens is 188 g/mol. The van der Waals surface area contributed by atoms with Gasteiger partial charge in [-0.1, -0.05) is 39.5 Å². The highest BCUT2D eigenvalue weighted by molar-refractivity contribution is 7.85. The van der Waals surface area contributed by atoms with Gasteiger partial charge in [-0.15, -0.1) is 0 Å². The highest BCUT2D eigenvalue weighted by Crippen LogP contribution is 2.15. The average molecular weight is 208 g/mol. The molecule has 0 amide bonds. The Hall–Kier alpha value is -0.0900. The Morgan fingerprint density at radius 2 is 1.85 bits per heavy atom. The molecular formula is C9H20O3S. The van der Waals surface area contributed by atoms with E-state index in [2.05, 4.69) is 6.92 Å². The van der Waals surface area contributed by atoms with E-state index in [4.69, 9.17) is 4.55 Å². The van der Waals surface area contributed by atoms with Crippen molar-refractivity contribution in [3.8, 4) is 0 Å². The maximum absolute atomic E-state index is 10.6. The summed E-state index contributed by atoms with van der Waals surface area (Å²) in [5.41, 5.74) is 0. The van der Waals surface area contributed by atoms with Crippen LogP contribution in [0, 0.1) is 5.92 Å². The second-order valence-corrected chi connectivity index (χ2v) is 5.02. The number of hydrogen-bond acceptors (Lipinski definition) is 2. The summed E-state index contributed by atoms with van der Waals surface area (Å²) in [6.07, 6.45) is 5.07. The molecule has 0 bridgehead atoms. The minimum absolute atomic E-state index is 0.0762. The smallest absolute Gasteiger partial charge is 0.265 e. The minimum Gasteiger partial charge on any atom is -0.286 e. The third-order valence-electron chi connectivity index (χ3n) is 2.24. The number of hydrogen-bond donors (Lipinski definition) is 1. The molecule has 0 aliphatic rings. The molecule has 0 aromatic heterocycles. The summed E-state index contributed by atoms with van der Waals surface area (Å²) in [5.74, 6) is 0.0503. The fourth-order valence-electron chi connectivity index (χ4n) is 1.39. The topological polar surface area (TPSA) is 54.4 Å². The van der Waals surface area contributed by atoms with E-state index in [0.29, 0.717) is 0 Å². The lowest BCUT2D eigenvalue weighted by molar-refractivity contribution is 0.437. The van der Waals surface area contributed by atoms with Gasteiger partial charge < -0.3 is 0 Å². The Morgan fingerprint density at radius 1 is 1.23 bits per heavy atom. The van der Waals surface area contributed by atoms with Crippen LogP contribution in [0.15, 0.2) is 0 Å². The van der Waals surface area contributed by atoms with Crippen molar-refractivity contribution in [3.63, 3.8) is 0 Å². The Kier molecular flexibility index (Phi) is 6.33. The second kappa shape index (κ2) is 6.38. The van der Waals surface area contributed by atoms with Crippen LogP contribution >= 0.6 is 0 Å². The van der Waals surface area contributed by atoms with Gasteiger partial charge in [0.2, 0.25) is 0 Å². The predicted molar refractivity (Wildman–Crippen MR) is 54.3 cm³/mol. The lowest BCUT2D eigenvalue weighted by Crippen LogP contribution is -2.14. The molecule has 0 saturated heterocycles. The lowest BCUT2D eigenvalue weighted by Gasteiger charge is -2.11. The molecule has 0 spiro atoms. The zero-order chi connectivity index (χ0) is 10.3. The Labute approximate surface area is 81.3 Å². The highest BCUT2D eigenvalue weighted by Gasteiger charge is 2.14. The number of rotatable bonds is 7. The Morgan fingerprint density at radius 3 is 2.23 bits per heavy atom. The third kappa shape index (κ3) is 8.25. The van der Waals surface area contributed by atoms with E-state index < -0.39 is 10.1 Å². The molecule has 0 aliphatic heterocycles. The van der Waals surface area contributed by atoms with Crippen LogP contribution in [0.3, 0.4) is 0 Å². The van der Waals surface area contributed by atoms with Gasteiger partial charge in [0.15, 0.2) is 0 Å². The lowest BCUT2D eigenvalue weighted by atomic mass is 10.0. The van der Waals surface area contributed by atoms with Gasteiger partial charge in [0.1, 0.15) is 0 Å². The van der Waals surface area contributed by atoms with E-state index >= 15 is 0 Å². The normalized spacial score (nSPS) is 14.4. The summed E-state index contributed by atoms with van der Waals surface area (Å²) in [6, 6.07) is 0. The largest absolute Gasteiger partial charge is 0.286 e. The molecule has 13 heavy (non-hydrogen) atoms. The monoisotopic (exact) mass is 208 g/mol. The van der Waals surface area contributed by atoms with E-state index in [-0.39, 0.29) is 11.7 Å². The second-order valence-electron chi connectivity index (χ2n) is 3.52. The van der Waals surface area contributed by atoms with E-state index in [1.165, 1.54) is 0 Å². The van der Waals surface area contributed by atoms with Crippen LogP contribution in [0.25, 0.3) is 0 Å². The van der Waals surface area contributed by atoms with Gasteiger partial charge in [-0.2, -0.15) is 8.42 Å². The molecule has 0 heterocycles. The Balaban J connectivity index is 3.77. The molecule has 0 saturated carbocycles. The Bertz CT molecular complexity index is 209. The van der Waals surface area contributed by atoms with Crippen molar-refractivity contribution in [2.45, 2.75) is 46.0 Å². The van der Waals surface area contributed by atoms with E-state index in [1.807, 2.05) is 6.92 Å².